The molecule has 1 aromatic heterocycles. The Labute approximate surface area is 135 Å². The molecule has 23 heavy (non-hydrogen) atoms. The van der Waals surface area contributed by atoms with Crippen LogP contribution in [0.2, 0.25) is 0 Å². The first-order chi connectivity index (χ1) is 11.2. The van der Waals surface area contributed by atoms with Crippen molar-refractivity contribution in [3.63, 3.8) is 0 Å². The third-order valence-corrected chi connectivity index (χ3v) is 3.43. The fourth-order valence-electron chi connectivity index (χ4n) is 2.06. The van der Waals surface area contributed by atoms with E-state index in [0.717, 1.165) is 29.8 Å². The summed E-state index contributed by atoms with van der Waals surface area (Å²) in [5.41, 5.74) is 4.35. The molecule has 2 aromatic rings. The van der Waals surface area contributed by atoms with E-state index >= 15 is 0 Å². The highest BCUT2D eigenvalue weighted by Gasteiger charge is 2.08. The maximum Gasteiger partial charge on any atom is 0.295 e. The second-order valence-corrected chi connectivity index (χ2v) is 5.20. The number of nitrogens with one attached hydrogen (secondary N) is 1. The van der Waals surface area contributed by atoms with Gasteiger partial charge in [-0.1, -0.05) is 25.5 Å². The van der Waals surface area contributed by atoms with E-state index in [1.165, 1.54) is 0 Å². The summed E-state index contributed by atoms with van der Waals surface area (Å²) in [6, 6.07) is 7.64. The third kappa shape index (κ3) is 4.42. The molecule has 6 heteroatoms. The van der Waals surface area contributed by atoms with Crippen molar-refractivity contribution in [2.45, 2.75) is 33.2 Å². The normalized spacial score (nSPS) is 10.9. The first kappa shape index (κ1) is 16.7. The van der Waals surface area contributed by atoms with Crippen LogP contribution in [-0.2, 0) is 6.54 Å². The summed E-state index contributed by atoms with van der Waals surface area (Å²) >= 11 is 0. The van der Waals surface area contributed by atoms with Crippen LogP contribution in [0.15, 0.2) is 40.4 Å². The van der Waals surface area contributed by atoms with E-state index < -0.39 is 0 Å². The molecule has 0 atom stereocenters. The second kappa shape index (κ2) is 8.12. The number of nitrogens with zero attached hydrogens (tertiary/aromatic N) is 3. The number of aryl methyl sites for hydroxylation is 1. The summed E-state index contributed by atoms with van der Waals surface area (Å²) in [5.74, 6) is 1.02. The van der Waals surface area contributed by atoms with Gasteiger partial charge in [0.25, 0.3) is 5.56 Å². The quantitative estimate of drug-likeness (QED) is 0.630. The minimum Gasteiger partial charge on any atom is -0.497 e. The van der Waals surface area contributed by atoms with Gasteiger partial charge in [-0.25, -0.2) is 4.98 Å². The molecule has 0 saturated heterocycles. The zero-order chi connectivity index (χ0) is 16.7. The number of hydrazone groups is 1. The minimum absolute atomic E-state index is 0.186. The van der Waals surface area contributed by atoms with Crippen LogP contribution in [0.4, 0.5) is 5.82 Å². The van der Waals surface area contributed by atoms with Crippen molar-refractivity contribution in [1.82, 2.24) is 9.55 Å². The Balaban J connectivity index is 2.21. The number of hydrogen-bond acceptors (Lipinski definition) is 5. The van der Waals surface area contributed by atoms with Crippen molar-refractivity contribution in [1.29, 1.82) is 0 Å². The van der Waals surface area contributed by atoms with Crippen LogP contribution in [0.3, 0.4) is 0 Å². The van der Waals surface area contributed by atoms with Gasteiger partial charge < -0.3 is 9.30 Å². The number of unbranched alkanes of at least 4 members (excludes halogenated alkanes) is 1. The van der Waals surface area contributed by atoms with Gasteiger partial charge in [-0.2, -0.15) is 5.10 Å². The van der Waals surface area contributed by atoms with Crippen LogP contribution in [-0.4, -0.2) is 22.9 Å². The van der Waals surface area contributed by atoms with Crippen LogP contribution in [0.5, 0.6) is 5.75 Å². The summed E-state index contributed by atoms with van der Waals surface area (Å²) < 4.78 is 6.82. The highest BCUT2D eigenvalue weighted by Crippen LogP contribution is 2.12. The van der Waals surface area contributed by atoms with Crippen LogP contribution in [0, 0.1) is 6.92 Å². The van der Waals surface area contributed by atoms with Crippen molar-refractivity contribution in [3.05, 3.63) is 52.1 Å². The number of anilines is 1. The fraction of sp³-hybridized carbons (Fsp3) is 0.353. The van der Waals surface area contributed by atoms with Crippen molar-refractivity contribution in [2.75, 3.05) is 12.5 Å². The standard InChI is InChI=1S/C17H22N4O2/c1-4-5-10-19-20-16-17(22)21(13(2)11-18-16)12-14-6-8-15(23-3)9-7-14/h6-11H,4-5,12H2,1-3H3,(H,18,20). The van der Waals surface area contributed by atoms with Gasteiger partial charge >= 0.3 is 0 Å². The Morgan fingerprint density at radius 3 is 2.74 bits per heavy atom. The number of aromatic nitrogens is 2. The molecule has 0 spiro atoms. The van der Waals surface area contributed by atoms with Gasteiger partial charge in [0.2, 0.25) is 5.82 Å². The van der Waals surface area contributed by atoms with Crippen LogP contribution >= 0.6 is 0 Å². The molecule has 1 N–H and O–H groups in total. The summed E-state index contributed by atoms with van der Waals surface area (Å²) in [6.45, 7) is 4.41. The molecule has 0 fully saturated rings. The Bertz CT molecular complexity index is 720. The van der Waals surface area contributed by atoms with Gasteiger partial charge in [-0.15, -0.1) is 0 Å². The number of rotatable bonds is 7. The highest BCUT2D eigenvalue weighted by atomic mass is 16.5. The number of benzene rings is 1. The van der Waals surface area contributed by atoms with Crippen molar-refractivity contribution >= 4 is 12.0 Å². The molecule has 6 nitrogen and oxygen atoms in total. The molecule has 0 amide bonds. The van der Waals surface area contributed by atoms with E-state index in [9.17, 15) is 4.79 Å². The van der Waals surface area contributed by atoms with Gasteiger partial charge in [-0.05, 0) is 31.0 Å². The maximum atomic E-state index is 12.5. The van der Waals surface area contributed by atoms with E-state index in [-0.39, 0.29) is 11.4 Å². The van der Waals surface area contributed by atoms with E-state index in [2.05, 4.69) is 22.4 Å². The number of hydrogen-bond donors (Lipinski definition) is 1. The first-order valence-corrected chi connectivity index (χ1v) is 7.62. The third-order valence-electron chi connectivity index (χ3n) is 3.43. The summed E-state index contributed by atoms with van der Waals surface area (Å²) in [4.78, 5) is 16.6. The Morgan fingerprint density at radius 2 is 2.09 bits per heavy atom. The molecule has 0 saturated carbocycles. The van der Waals surface area contributed by atoms with Crippen LogP contribution in [0.1, 0.15) is 31.0 Å². The lowest BCUT2D eigenvalue weighted by molar-refractivity contribution is 0.414. The Morgan fingerprint density at radius 1 is 1.35 bits per heavy atom. The SMILES string of the molecule is CCCC=NNc1ncc(C)n(Cc2ccc(OC)cc2)c1=O. The summed E-state index contributed by atoms with van der Waals surface area (Å²) in [7, 11) is 1.63. The molecule has 2 rings (SSSR count). The monoisotopic (exact) mass is 314 g/mol. The predicted molar refractivity (Wildman–Crippen MR) is 92.4 cm³/mol. The Kier molecular flexibility index (Phi) is 5.91. The highest BCUT2D eigenvalue weighted by molar-refractivity contribution is 5.58. The number of ether oxygens (including phenoxy) is 1. The second-order valence-electron chi connectivity index (χ2n) is 5.20. The molecule has 0 aliphatic rings. The number of methoxy groups -OCH3 is 1. The summed E-state index contributed by atoms with van der Waals surface area (Å²) in [5, 5.41) is 4.03. The van der Waals surface area contributed by atoms with Crippen molar-refractivity contribution in [3.8, 4) is 5.75 Å². The lowest BCUT2D eigenvalue weighted by atomic mass is 10.2. The van der Waals surface area contributed by atoms with Gasteiger partial charge in [0.05, 0.1) is 13.7 Å². The van der Waals surface area contributed by atoms with Crippen molar-refractivity contribution < 1.29 is 4.74 Å². The molecule has 0 aliphatic carbocycles. The van der Waals surface area contributed by atoms with Gasteiger partial charge in [-0.3, -0.25) is 10.2 Å². The van der Waals surface area contributed by atoms with E-state index in [1.807, 2.05) is 31.2 Å². The summed E-state index contributed by atoms with van der Waals surface area (Å²) in [6.07, 6.45) is 5.28. The van der Waals surface area contributed by atoms with Gasteiger partial charge in [0.1, 0.15) is 5.75 Å². The van der Waals surface area contributed by atoms with Crippen LogP contribution < -0.4 is 15.7 Å². The van der Waals surface area contributed by atoms with E-state index in [4.69, 9.17) is 4.74 Å². The molecular weight excluding hydrogens is 292 g/mol. The molecular formula is C17H22N4O2. The smallest absolute Gasteiger partial charge is 0.295 e. The molecule has 0 radical (unpaired) electrons. The van der Waals surface area contributed by atoms with Crippen LogP contribution in [0.25, 0.3) is 0 Å². The zero-order valence-corrected chi connectivity index (χ0v) is 13.7. The molecule has 1 heterocycles. The molecule has 0 aliphatic heterocycles. The lowest BCUT2D eigenvalue weighted by Gasteiger charge is -2.11. The first-order valence-electron chi connectivity index (χ1n) is 7.62. The molecule has 0 bridgehead atoms. The Hall–Kier alpha value is -2.63. The largest absolute Gasteiger partial charge is 0.497 e. The van der Waals surface area contributed by atoms with Crippen molar-refractivity contribution in [2.24, 2.45) is 5.10 Å². The minimum atomic E-state index is -0.186. The topological polar surface area (TPSA) is 68.5 Å². The fourth-order valence-corrected chi connectivity index (χ4v) is 2.06. The van der Waals surface area contributed by atoms with Gasteiger partial charge in [0.15, 0.2) is 0 Å². The molecule has 0 unspecified atom stereocenters. The lowest BCUT2D eigenvalue weighted by Crippen LogP contribution is -2.26. The zero-order valence-electron chi connectivity index (χ0n) is 13.7. The molecule has 122 valence electrons. The average Bonchev–Trinajstić information content (AvgIpc) is 2.57. The molecule has 1 aromatic carbocycles. The average molecular weight is 314 g/mol. The predicted octanol–water partition coefficient (Wildman–Crippen LogP) is 2.81. The van der Waals surface area contributed by atoms with Gasteiger partial charge in [0, 0.05) is 18.1 Å². The van der Waals surface area contributed by atoms with E-state index in [1.54, 1.807) is 24.1 Å². The van der Waals surface area contributed by atoms with E-state index in [0.29, 0.717) is 6.54 Å². The maximum absolute atomic E-state index is 12.5.